The normalized spacial score (nSPS) is 17.1. The summed E-state index contributed by atoms with van der Waals surface area (Å²) < 4.78 is 5.15. The fourth-order valence-electron chi connectivity index (χ4n) is 3.09. The van der Waals surface area contributed by atoms with E-state index in [1.54, 1.807) is 6.92 Å². The van der Waals surface area contributed by atoms with Gasteiger partial charge in [0.05, 0.1) is 19.1 Å². The maximum absolute atomic E-state index is 12.5. The van der Waals surface area contributed by atoms with Crippen LogP contribution >= 0.6 is 11.3 Å². The lowest BCUT2D eigenvalue weighted by molar-refractivity contribution is -0.153. The molecule has 1 heterocycles. The first-order valence-corrected chi connectivity index (χ1v) is 9.13. The van der Waals surface area contributed by atoms with Crippen molar-refractivity contribution in [3.05, 3.63) is 22.4 Å². The van der Waals surface area contributed by atoms with E-state index in [1.807, 2.05) is 17.5 Å². The summed E-state index contributed by atoms with van der Waals surface area (Å²) in [4.78, 5) is 37.2. The molecule has 2 amide bonds. The second-order valence-electron chi connectivity index (χ2n) is 6.03. The number of nitrogens with one attached hydrogen (secondary N) is 2. The summed E-state index contributed by atoms with van der Waals surface area (Å²) in [6.45, 7) is 3.47. The van der Waals surface area contributed by atoms with Crippen molar-refractivity contribution >= 4 is 29.1 Å². The number of ether oxygens (including phenoxy) is 1. The molecule has 1 fully saturated rings. The van der Waals surface area contributed by atoms with E-state index in [-0.39, 0.29) is 30.2 Å². The van der Waals surface area contributed by atoms with Crippen molar-refractivity contribution in [1.29, 1.82) is 0 Å². The molecule has 24 heavy (non-hydrogen) atoms. The molecule has 2 rings (SSSR count). The SMILES string of the molecule is CCOC(=O)C1(NC(=O)CC(NC(C)=O)c2cccs2)CCCC1. The van der Waals surface area contributed by atoms with E-state index in [0.29, 0.717) is 19.4 Å². The monoisotopic (exact) mass is 352 g/mol. The average molecular weight is 352 g/mol. The second-order valence-corrected chi connectivity index (χ2v) is 7.01. The minimum Gasteiger partial charge on any atom is -0.464 e. The molecule has 1 aliphatic rings. The third kappa shape index (κ3) is 4.56. The lowest BCUT2D eigenvalue weighted by Gasteiger charge is -2.28. The van der Waals surface area contributed by atoms with Crippen molar-refractivity contribution in [3.8, 4) is 0 Å². The Balaban J connectivity index is 2.06. The zero-order chi connectivity index (χ0) is 17.6. The predicted molar refractivity (Wildman–Crippen MR) is 91.5 cm³/mol. The van der Waals surface area contributed by atoms with Crippen molar-refractivity contribution < 1.29 is 19.1 Å². The number of hydrogen-bond acceptors (Lipinski definition) is 5. The third-order valence-electron chi connectivity index (χ3n) is 4.16. The molecule has 1 unspecified atom stereocenters. The van der Waals surface area contributed by atoms with Gasteiger partial charge in [0, 0.05) is 11.8 Å². The van der Waals surface area contributed by atoms with Crippen molar-refractivity contribution in [2.45, 2.75) is 57.5 Å². The van der Waals surface area contributed by atoms with Gasteiger partial charge in [-0.15, -0.1) is 11.3 Å². The molecule has 2 N–H and O–H groups in total. The van der Waals surface area contributed by atoms with Crippen LogP contribution < -0.4 is 10.6 Å². The van der Waals surface area contributed by atoms with Crippen molar-refractivity contribution in [2.24, 2.45) is 0 Å². The summed E-state index contributed by atoms with van der Waals surface area (Å²) in [5.41, 5.74) is -0.913. The largest absolute Gasteiger partial charge is 0.464 e. The second kappa shape index (κ2) is 8.28. The van der Waals surface area contributed by atoms with Crippen LogP contribution in [0.15, 0.2) is 17.5 Å². The Labute approximate surface area is 146 Å². The Kier molecular flexibility index (Phi) is 6.36. The van der Waals surface area contributed by atoms with Gasteiger partial charge >= 0.3 is 5.97 Å². The smallest absolute Gasteiger partial charge is 0.331 e. The lowest BCUT2D eigenvalue weighted by Crippen LogP contribution is -2.53. The van der Waals surface area contributed by atoms with E-state index in [1.165, 1.54) is 18.3 Å². The van der Waals surface area contributed by atoms with Gasteiger partial charge in [-0.3, -0.25) is 9.59 Å². The minimum atomic E-state index is -0.913. The summed E-state index contributed by atoms with van der Waals surface area (Å²) in [5.74, 6) is -0.803. The fourth-order valence-corrected chi connectivity index (χ4v) is 3.87. The van der Waals surface area contributed by atoms with Gasteiger partial charge in [0.25, 0.3) is 0 Å². The maximum atomic E-state index is 12.5. The summed E-state index contributed by atoms with van der Waals surface area (Å²) >= 11 is 1.48. The van der Waals surface area contributed by atoms with Crippen molar-refractivity contribution in [3.63, 3.8) is 0 Å². The number of esters is 1. The highest BCUT2D eigenvalue weighted by Crippen LogP contribution is 2.31. The Bertz CT molecular complexity index is 579. The molecule has 1 aliphatic carbocycles. The molecule has 0 radical (unpaired) electrons. The van der Waals surface area contributed by atoms with Crippen LogP contribution in [0.4, 0.5) is 0 Å². The summed E-state index contributed by atoms with van der Waals surface area (Å²) in [7, 11) is 0. The van der Waals surface area contributed by atoms with E-state index in [9.17, 15) is 14.4 Å². The van der Waals surface area contributed by atoms with Crippen LogP contribution in [0.3, 0.4) is 0 Å². The summed E-state index contributed by atoms with van der Waals surface area (Å²) in [5, 5.41) is 7.58. The van der Waals surface area contributed by atoms with Crippen LogP contribution in [0.1, 0.15) is 56.9 Å². The third-order valence-corrected chi connectivity index (χ3v) is 5.14. The van der Waals surface area contributed by atoms with E-state index in [0.717, 1.165) is 17.7 Å². The van der Waals surface area contributed by atoms with Crippen LogP contribution in [0.25, 0.3) is 0 Å². The van der Waals surface area contributed by atoms with Gasteiger partial charge in [-0.25, -0.2) is 4.79 Å². The Hall–Kier alpha value is -1.89. The van der Waals surface area contributed by atoms with Gasteiger partial charge in [-0.2, -0.15) is 0 Å². The zero-order valence-corrected chi connectivity index (χ0v) is 14.9. The predicted octanol–water partition coefficient (Wildman–Crippen LogP) is 2.31. The highest BCUT2D eigenvalue weighted by Gasteiger charge is 2.44. The number of hydrogen-bond donors (Lipinski definition) is 2. The quantitative estimate of drug-likeness (QED) is 0.738. The minimum absolute atomic E-state index is 0.0985. The molecule has 0 aliphatic heterocycles. The van der Waals surface area contributed by atoms with Gasteiger partial charge < -0.3 is 15.4 Å². The first-order chi connectivity index (χ1) is 11.5. The van der Waals surface area contributed by atoms with Crippen LogP contribution in [-0.2, 0) is 19.1 Å². The molecule has 1 aromatic heterocycles. The Morgan fingerprint density at radius 1 is 1.33 bits per heavy atom. The molecule has 1 saturated carbocycles. The van der Waals surface area contributed by atoms with Crippen molar-refractivity contribution in [2.75, 3.05) is 6.61 Å². The van der Waals surface area contributed by atoms with Crippen molar-refractivity contribution in [1.82, 2.24) is 10.6 Å². The first kappa shape index (κ1) is 18.4. The highest BCUT2D eigenvalue weighted by atomic mass is 32.1. The lowest BCUT2D eigenvalue weighted by atomic mass is 9.97. The number of thiophene rings is 1. The molecule has 1 aromatic rings. The van der Waals surface area contributed by atoms with E-state index in [2.05, 4.69) is 10.6 Å². The van der Waals surface area contributed by atoms with Crippen LogP contribution in [0.5, 0.6) is 0 Å². The standard InChI is InChI=1S/C17H24N2O4S/c1-3-23-16(22)17(8-4-5-9-17)19-15(21)11-13(18-12(2)20)14-7-6-10-24-14/h6-7,10,13H,3-5,8-9,11H2,1-2H3,(H,18,20)(H,19,21). The van der Waals surface area contributed by atoms with E-state index < -0.39 is 5.54 Å². The molecule has 7 heteroatoms. The van der Waals surface area contributed by atoms with E-state index in [4.69, 9.17) is 4.74 Å². The van der Waals surface area contributed by atoms with Crippen LogP contribution in [0.2, 0.25) is 0 Å². The zero-order valence-electron chi connectivity index (χ0n) is 14.1. The molecule has 0 aromatic carbocycles. The average Bonchev–Trinajstić information content (AvgIpc) is 3.18. The van der Waals surface area contributed by atoms with Gasteiger partial charge in [-0.1, -0.05) is 18.9 Å². The van der Waals surface area contributed by atoms with Crippen LogP contribution in [0, 0.1) is 0 Å². The molecule has 0 saturated heterocycles. The Morgan fingerprint density at radius 2 is 2.04 bits per heavy atom. The van der Waals surface area contributed by atoms with Crippen LogP contribution in [-0.4, -0.2) is 29.9 Å². The van der Waals surface area contributed by atoms with E-state index >= 15 is 0 Å². The van der Waals surface area contributed by atoms with Gasteiger partial charge in [-0.05, 0) is 31.2 Å². The Morgan fingerprint density at radius 3 is 2.58 bits per heavy atom. The molecule has 6 nitrogen and oxygen atoms in total. The number of carbonyl (C=O) groups excluding carboxylic acids is 3. The molecule has 1 atom stereocenters. The number of amides is 2. The first-order valence-electron chi connectivity index (χ1n) is 8.25. The van der Waals surface area contributed by atoms with Gasteiger partial charge in [0.1, 0.15) is 5.54 Å². The summed E-state index contributed by atoms with van der Waals surface area (Å²) in [6.07, 6.45) is 3.07. The van der Waals surface area contributed by atoms with Gasteiger partial charge in [0.2, 0.25) is 11.8 Å². The fraction of sp³-hybridized carbons (Fsp3) is 0.588. The molecular weight excluding hydrogens is 328 g/mol. The number of carbonyl (C=O) groups is 3. The number of rotatable bonds is 7. The molecule has 0 spiro atoms. The molecule has 132 valence electrons. The summed E-state index contributed by atoms with van der Waals surface area (Å²) in [6, 6.07) is 3.38. The maximum Gasteiger partial charge on any atom is 0.331 e. The molecular formula is C17H24N2O4S. The molecule has 0 bridgehead atoms. The highest BCUT2D eigenvalue weighted by molar-refractivity contribution is 7.10. The van der Waals surface area contributed by atoms with Gasteiger partial charge in [0.15, 0.2) is 0 Å². The topological polar surface area (TPSA) is 84.5 Å².